The highest BCUT2D eigenvalue weighted by Crippen LogP contribution is 2.37. The second kappa shape index (κ2) is 6.69. The largest absolute Gasteiger partial charge is 0.347 e. The Hall–Kier alpha value is -1.91. The van der Waals surface area contributed by atoms with Crippen LogP contribution in [0.15, 0.2) is 24.3 Å². The van der Waals surface area contributed by atoms with Crippen LogP contribution in [0.2, 0.25) is 0 Å². The van der Waals surface area contributed by atoms with E-state index in [1.165, 1.54) is 12.1 Å². The molecule has 0 saturated carbocycles. The molecule has 5 heteroatoms. The van der Waals surface area contributed by atoms with Gasteiger partial charge in [0, 0.05) is 12.0 Å². The summed E-state index contributed by atoms with van der Waals surface area (Å²) < 4.78 is 13.5. The van der Waals surface area contributed by atoms with Crippen LogP contribution in [0.5, 0.6) is 0 Å². The molecule has 126 valence electrons. The van der Waals surface area contributed by atoms with Crippen molar-refractivity contribution in [2.75, 3.05) is 13.1 Å². The van der Waals surface area contributed by atoms with Crippen molar-refractivity contribution >= 4 is 11.8 Å². The van der Waals surface area contributed by atoms with Crippen LogP contribution in [-0.4, -0.2) is 29.8 Å². The number of hydrogen-bond donors (Lipinski definition) is 1. The summed E-state index contributed by atoms with van der Waals surface area (Å²) in [5.41, 5.74) is 0.283. The summed E-state index contributed by atoms with van der Waals surface area (Å²) in [6.07, 6.45) is 0.875. The quantitative estimate of drug-likeness (QED) is 0.931. The number of carbonyl (C=O) groups excluding carboxylic acids is 2. The molecular weight excluding hydrogens is 295 g/mol. The molecule has 1 aliphatic rings. The van der Waals surface area contributed by atoms with E-state index in [-0.39, 0.29) is 36.1 Å². The minimum Gasteiger partial charge on any atom is -0.347 e. The van der Waals surface area contributed by atoms with Gasteiger partial charge < -0.3 is 10.2 Å². The lowest BCUT2D eigenvalue weighted by Gasteiger charge is -2.28. The van der Waals surface area contributed by atoms with Gasteiger partial charge in [-0.1, -0.05) is 39.8 Å². The average Bonchev–Trinajstić information content (AvgIpc) is 2.85. The summed E-state index contributed by atoms with van der Waals surface area (Å²) in [7, 11) is 0. The summed E-state index contributed by atoms with van der Waals surface area (Å²) in [4.78, 5) is 26.2. The molecule has 23 heavy (non-hydrogen) atoms. The van der Waals surface area contributed by atoms with Gasteiger partial charge in [-0.05, 0) is 30.0 Å². The molecule has 0 radical (unpaired) electrons. The van der Waals surface area contributed by atoms with Crippen molar-refractivity contribution in [2.24, 2.45) is 11.3 Å². The number of benzene rings is 1. The molecule has 0 bridgehead atoms. The van der Waals surface area contributed by atoms with Crippen molar-refractivity contribution in [3.8, 4) is 0 Å². The van der Waals surface area contributed by atoms with Crippen molar-refractivity contribution in [1.29, 1.82) is 0 Å². The predicted molar refractivity (Wildman–Crippen MR) is 87.1 cm³/mol. The number of likely N-dealkylation sites (tertiary alicyclic amines) is 1. The Morgan fingerprint density at radius 3 is 2.65 bits per heavy atom. The molecule has 1 aliphatic heterocycles. The Morgan fingerprint density at radius 1 is 1.35 bits per heavy atom. The summed E-state index contributed by atoms with van der Waals surface area (Å²) in [6.45, 7) is 8.10. The Bertz CT molecular complexity index is 595. The van der Waals surface area contributed by atoms with E-state index in [1.807, 2.05) is 6.07 Å². The van der Waals surface area contributed by atoms with Crippen LogP contribution in [-0.2, 0) is 9.59 Å². The topological polar surface area (TPSA) is 49.4 Å². The number of hydrogen-bond acceptors (Lipinski definition) is 2. The van der Waals surface area contributed by atoms with Crippen molar-refractivity contribution in [1.82, 2.24) is 10.2 Å². The fraction of sp³-hybridized carbons (Fsp3) is 0.556. The fourth-order valence-electron chi connectivity index (χ4n) is 2.95. The smallest absolute Gasteiger partial charge is 0.242 e. The van der Waals surface area contributed by atoms with Gasteiger partial charge in [0.1, 0.15) is 5.82 Å². The lowest BCUT2D eigenvalue weighted by atomic mass is 9.95. The van der Waals surface area contributed by atoms with Gasteiger partial charge in [-0.2, -0.15) is 0 Å². The first-order chi connectivity index (χ1) is 10.7. The van der Waals surface area contributed by atoms with E-state index in [0.717, 1.165) is 12.0 Å². The fourth-order valence-corrected chi connectivity index (χ4v) is 2.95. The van der Waals surface area contributed by atoms with E-state index in [4.69, 9.17) is 0 Å². The third-order valence-electron chi connectivity index (χ3n) is 4.29. The lowest BCUT2D eigenvalue weighted by molar-refractivity contribution is -0.136. The van der Waals surface area contributed by atoms with E-state index >= 15 is 0 Å². The molecule has 1 heterocycles. The highest BCUT2D eigenvalue weighted by Gasteiger charge is 2.35. The molecule has 2 atom stereocenters. The van der Waals surface area contributed by atoms with Crippen molar-refractivity contribution in [3.63, 3.8) is 0 Å². The second-order valence-electron chi connectivity index (χ2n) is 7.29. The Balaban J connectivity index is 2.08. The van der Waals surface area contributed by atoms with Gasteiger partial charge in [-0.15, -0.1) is 0 Å². The molecule has 1 N–H and O–H groups in total. The van der Waals surface area contributed by atoms with Crippen LogP contribution in [0.25, 0.3) is 0 Å². The summed E-state index contributed by atoms with van der Waals surface area (Å²) in [5, 5.41) is 2.69. The molecule has 4 nitrogen and oxygen atoms in total. The third-order valence-corrected chi connectivity index (χ3v) is 4.29. The zero-order chi connectivity index (χ0) is 17.2. The molecule has 2 amide bonds. The Kier molecular flexibility index (Phi) is 5.07. The number of nitrogens with one attached hydrogen (secondary N) is 1. The highest BCUT2D eigenvalue weighted by molar-refractivity contribution is 5.87. The summed E-state index contributed by atoms with van der Waals surface area (Å²) in [5.74, 6) is -0.310. The van der Waals surface area contributed by atoms with Gasteiger partial charge in [0.15, 0.2) is 0 Å². The standard InChI is InChI=1S/C18H25FN2O2/c1-12-8-9-21(15(22)11-20-17(23)18(2,3)4)16(12)13-6-5-7-14(19)10-13/h5-7,10,12,16H,8-9,11H2,1-4H3,(H,20,23)/t12-,16+/m0/s1. The predicted octanol–water partition coefficient (Wildman–Crippen LogP) is 2.90. The molecule has 1 aromatic carbocycles. The molecule has 1 fully saturated rings. The van der Waals surface area contributed by atoms with Gasteiger partial charge in [0.2, 0.25) is 11.8 Å². The maximum Gasteiger partial charge on any atom is 0.242 e. The second-order valence-corrected chi connectivity index (χ2v) is 7.29. The van der Waals surface area contributed by atoms with E-state index < -0.39 is 5.41 Å². The molecular formula is C18H25FN2O2. The SMILES string of the molecule is C[C@H]1CCN(C(=O)CNC(=O)C(C)(C)C)[C@H]1c1cccc(F)c1. The highest BCUT2D eigenvalue weighted by atomic mass is 19.1. The van der Waals surface area contributed by atoms with Gasteiger partial charge >= 0.3 is 0 Å². The Labute approximate surface area is 137 Å². The molecule has 0 aliphatic carbocycles. The monoisotopic (exact) mass is 320 g/mol. The van der Waals surface area contributed by atoms with Crippen LogP contribution in [0.3, 0.4) is 0 Å². The average molecular weight is 320 g/mol. The molecule has 2 rings (SSSR count). The number of amides is 2. The number of halogens is 1. The molecule has 0 spiro atoms. The molecule has 1 aromatic rings. The first kappa shape index (κ1) is 17.4. The number of rotatable bonds is 3. The van der Waals surface area contributed by atoms with Gasteiger partial charge in [0.05, 0.1) is 12.6 Å². The lowest BCUT2D eigenvalue weighted by Crippen LogP contribution is -2.43. The number of nitrogens with zero attached hydrogens (tertiary/aromatic N) is 1. The minimum atomic E-state index is -0.527. The van der Waals surface area contributed by atoms with Crippen molar-refractivity contribution in [3.05, 3.63) is 35.6 Å². The van der Waals surface area contributed by atoms with E-state index in [9.17, 15) is 14.0 Å². The summed E-state index contributed by atoms with van der Waals surface area (Å²) >= 11 is 0. The maximum atomic E-state index is 13.5. The van der Waals surface area contributed by atoms with Crippen molar-refractivity contribution in [2.45, 2.75) is 40.2 Å². The maximum absolute atomic E-state index is 13.5. The van der Waals surface area contributed by atoms with Crippen molar-refractivity contribution < 1.29 is 14.0 Å². The van der Waals surface area contributed by atoms with Crippen LogP contribution < -0.4 is 5.32 Å². The number of carbonyl (C=O) groups is 2. The molecule has 1 saturated heterocycles. The van der Waals surface area contributed by atoms with Gasteiger partial charge in [-0.3, -0.25) is 9.59 Å². The third kappa shape index (κ3) is 4.09. The van der Waals surface area contributed by atoms with E-state index in [0.29, 0.717) is 6.54 Å². The minimum absolute atomic E-state index is 0.0192. The first-order valence-electron chi connectivity index (χ1n) is 8.03. The normalized spacial score (nSPS) is 21.3. The zero-order valence-electron chi connectivity index (χ0n) is 14.2. The molecule has 0 aromatic heterocycles. The Morgan fingerprint density at radius 2 is 2.04 bits per heavy atom. The van der Waals surface area contributed by atoms with Crippen LogP contribution >= 0.6 is 0 Å². The van der Waals surface area contributed by atoms with E-state index in [2.05, 4.69) is 12.2 Å². The van der Waals surface area contributed by atoms with Gasteiger partial charge in [0.25, 0.3) is 0 Å². The zero-order valence-corrected chi connectivity index (χ0v) is 14.2. The summed E-state index contributed by atoms with van der Waals surface area (Å²) in [6, 6.07) is 6.27. The van der Waals surface area contributed by atoms with E-state index in [1.54, 1.807) is 31.7 Å². The molecule has 0 unspecified atom stereocenters. The van der Waals surface area contributed by atoms with Gasteiger partial charge in [-0.25, -0.2) is 4.39 Å². The van der Waals surface area contributed by atoms with Crippen LogP contribution in [0.1, 0.15) is 45.7 Å². The van der Waals surface area contributed by atoms with Crippen LogP contribution in [0.4, 0.5) is 4.39 Å². The first-order valence-corrected chi connectivity index (χ1v) is 8.03. The van der Waals surface area contributed by atoms with Crippen LogP contribution in [0, 0.1) is 17.2 Å².